The number of benzene rings is 3. The number of amides is 2. The number of hydrogen-bond acceptors (Lipinski definition) is 7. The first-order valence-electron chi connectivity index (χ1n) is 14.1. The summed E-state index contributed by atoms with van der Waals surface area (Å²) in [5.41, 5.74) is 3.62. The monoisotopic (exact) mass is 604 g/mol. The molecule has 2 aliphatic rings. The van der Waals surface area contributed by atoms with E-state index in [1.54, 1.807) is 40.5 Å². The van der Waals surface area contributed by atoms with Gasteiger partial charge in [-0.25, -0.2) is 4.98 Å². The number of nitrogens with one attached hydrogen (secondary N) is 2. The van der Waals surface area contributed by atoms with E-state index >= 15 is 0 Å². The van der Waals surface area contributed by atoms with Crippen molar-refractivity contribution < 1.29 is 28.5 Å². The number of carbonyl (C=O) groups excluding carboxylic acids is 2. The van der Waals surface area contributed by atoms with Crippen LogP contribution in [0, 0.1) is 5.92 Å². The molecule has 6 rings (SSSR count). The molecule has 43 heavy (non-hydrogen) atoms. The number of nitrogens with zero attached hydrogens (tertiary/aromatic N) is 2. The van der Waals surface area contributed by atoms with E-state index in [9.17, 15) is 9.59 Å². The number of imidazole rings is 1. The van der Waals surface area contributed by atoms with Crippen molar-refractivity contribution in [1.29, 1.82) is 0 Å². The van der Waals surface area contributed by atoms with Gasteiger partial charge in [0.15, 0.2) is 11.5 Å². The Morgan fingerprint density at radius 3 is 2.47 bits per heavy atom. The van der Waals surface area contributed by atoms with Crippen molar-refractivity contribution in [2.45, 2.75) is 31.3 Å². The maximum Gasteiger partial charge on any atom is 0.251 e. The zero-order valence-corrected chi connectivity index (χ0v) is 25.2. The third kappa shape index (κ3) is 5.20. The highest BCUT2D eigenvalue weighted by Crippen LogP contribution is 2.44. The third-order valence-corrected chi connectivity index (χ3v) is 8.56. The van der Waals surface area contributed by atoms with Gasteiger partial charge >= 0.3 is 0 Å². The molecule has 1 aliphatic carbocycles. The topological polar surface area (TPSA) is 113 Å². The van der Waals surface area contributed by atoms with Crippen LogP contribution in [0.5, 0.6) is 23.0 Å². The van der Waals surface area contributed by atoms with Crippen molar-refractivity contribution in [2.75, 3.05) is 35.0 Å². The molecule has 2 heterocycles. The lowest BCUT2D eigenvalue weighted by molar-refractivity contribution is -0.124. The standard InChI is InChI=1S/C32H33ClN4O6/c1-34-31(38)17-5-8-21(11-17)37-25-12-18(32(39)36-24-16-43-26-10-7-20(33)15-22(24)26)6-9-23(25)35-30(37)19-13-27(40-2)29(42-4)28(14-19)41-3/h6-7,9-10,12-15,17,21,24H,5,8,11,16H2,1-4H3,(H,34,38)(H,36,39)/t17-,21+,24?/m1/s1. The minimum atomic E-state index is -0.320. The summed E-state index contributed by atoms with van der Waals surface area (Å²) in [7, 11) is 6.36. The van der Waals surface area contributed by atoms with E-state index in [-0.39, 0.29) is 29.8 Å². The van der Waals surface area contributed by atoms with E-state index in [0.717, 1.165) is 35.0 Å². The Hall–Kier alpha value is -4.44. The summed E-state index contributed by atoms with van der Waals surface area (Å²) in [6.45, 7) is 0.329. The summed E-state index contributed by atoms with van der Waals surface area (Å²) >= 11 is 6.21. The predicted molar refractivity (Wildman–Crippen MR) is 162 cm³/mol. The summed E-state index contributed by atoms with van der Waals surface area (Å²) < 4.78 is 24.7. The lowest BCUT2D eigenvalue weighted by Crippen LogP contribution is -2.29. The molecule has 0 bridgehead atoms. The Morgan fingerprint density at radius 1 is 1.00 bits per heavy atom. The average molecular weight is 605 g/mol. The molecule has 0 radical (unpaired) electrons. The molecule has 3 aromatic carbocycles. The van der Waals surface area contributed by atoms with Crippen molar-refractivity contribution in [2.24, 2.45) is 5.92 Å². The number of methoxy groups -OCH3 is 3. The zero-order valence-electron chi connectivity index (χ0n) is 24.4. The van der Waals surface area contributed by atoms with Crippen LogP contribution in [0.3, 0.4) is 0 Å². The van der Waals surface area contributed by atoms with E-state index in [0.29, 0.717) is 52.4 Å². The molecule has 2 N–H and O–H groups in total. The maximum atomic E-state index is 13.5. The van der Waals surface area contributed by atoms with Crippen LogP contribution in [0.15, 0.2) is 48.5 Å². The smallest absolute Gasteiger partial charge is 0.251 e. The van der Waals surface area contributed by atoms with Gasteiger partial charge in [0.05, 0.1) is 38.4 Å². The van der Waals surface area contributed by atoms with Gasteiger partial charge < -0.3 is 34.1 Å². The zero-order chi connectivity index (χ0) is 30.2. The van der Waals surface area contributed by atoms with Gasteiger partial charge in [0.25, 0.3) is 5.91 Å². The molecule has 10 nitrogen and oxygen atoms in total. The molecule has 1 unspecified atom stereocenters. The first-order valence-corrected chi connectivity index (χ1v) is 14.5. The molecule has 1 fully saturated rings. The lowest BCUT2D eigenvalue weighted by atomic mass is 10.1. The van der Waals surface area contributed by atoms with Crippen LogP contribution < -0.4 is 29.6 Å². The maximum absolute atomic E-state index is 13.5. The highest BCUT2D eigenvalue weighted by atomic mass is 35.5. The van der Waals surface area contributed by atoms with Gasteiger partial charge in [-0.15, -0.1) is 0 Å². The first-order chi connectivity index (χ1) is 20.8. The summed E-state index contributed by atoms with van der Waals surface area (Å²) in [4.78, 5) is 31.1. The van der Waals surface area contributed by atoms with Gasteiger partial charge in [-0.2, -0.15) is 0 Å². The van der Waals surface area contributed by atoms with Crippen LogP contribution in [-0.2, 0) is 4.79 Å². The quantitative estimate of drug-likeness (QED) is 0.279. The van der Waals surface area contributed by atoms with Gasteiger partial charge in [0.2, 0.25) is 11.7 Å². The Kier molecular flexibility index (Phi) is 7.79. The minimum Gasteiger partial charge on any atom is -0.493 e. The van der Waals surface area contributed by atoms with E-state index in [1.807, 2.05) is 36.4 Å². The lowest BCUT2D eigenvalue weighted by Gasteiger charge is -2.19. The van der Waals surface area contributed by atoms with Crippen LogP contribution in [-0.4, -0.2) is 56.3 Å². The van der Waals surface area contributed by atoms with Crippen molar-refractivity contribution >= 4 is 34.4 Å². The summed E-state index contributed by atoms with van der Waals surface area (Å²) in [5.74, 6) is 2.57. The van der Waals surface area contributed by atoms with Crippen molar-refractivity contribution in [3.8, 4) is 34.4 Å². The molecule has 3 atom stereocenters. The highest BCUT2D eigenvalue weighted by molar-refractivity contribution is 6.30. The Morgan fingerprint density at radius 2 is 1.77 bits per heavy atom. The van der Waals surface area contributed by atoms with Gasteiger partial charge in [0, 0.05) is 40.7 Å². The van der Waals surface area contributed by atoms with E-state index in [1.165, 1.54) is 0 Å². The van der Waals surface area contributed by atoms with Crippen LogP contribution in [0.1, 0.15) is 47.3 Å². The van der Waals surface area contributed by atoms with Crippen molar-refractivity contribution in [3.63, 3.8) is 0 Å². The normalized spacial score (nSPS) is 19.0. The number of aromatic nitrogens is 2. The summed E-state index contributed by atoms with van der Waals surface area (Å²) in [6.07, 6.45) is 2.19. The van der Waals surface area contributed by atoms with E-state index < -0.39 is 0 Å². The fraction of sp³-hybridized carbons (Fsp3) is 0.344. The first kappa shape index (κ1) is 28.7. The van der Waals surface area contributed by atoms with Gasteiger partial charge in [0.1, 0.15) is 18.2 Å². The number of fused-ring (bicyclic) bond motifs is 2. The number of ether oxygens (including phenoxy) is 4. The molecular weight excluding hydrogens is 572 g/mol. The summed E-state index contributed by atoms with van der Waals surface area (Å²) in [5, 5.41) is 6.46. The molecule has 1 aliphatic heterocycles. The van der Waals surface area contributed by atoms with Crippen molar-refractivity contribution in [1.82, 2.24) is 20.2 Å². The van der Waals surface area contributed by atoms with E-state index in [2.05, 4.69) is 15.2 Å². The minimum absolute atomic E-state index is 0.0167. The molecule has 224 valence electrons. The summed E-state index contributed by atoms with van der Waals surface area (Å²) in [6, 6.07) is 14.3. The molecule has 11 heteroatoms. The van der Waals surface area contributed by atoms with Gasteiger partial charge in [-0.05, 0) is 67.8 Å². The predicted octanol–water partition coefficient (Wildman–Crippen LogP) is 5.33. The highest BCUT2D eigenvalue weighted by Gasteiger charge is 2.34. The SMILES string of the molecule is CNC(=O)[C@@H]1CC[C@H](n2c(-c3cc(OC)c(OC)c(OC)c3)nc3ccc(C(=O)NC4COc5ccc(Cl)cc54)cc32)C1. The molecule has 1 saturated carbocycles. The largest absolute Gasteiger partial charge is 0.493 e. The fourth-order valence-corrected chi connectivity index (χ4v) is 6.38. The van der Waals surface area contributed by atoms with Crippen LogP contribution in [0.25, 0.3) is 22.4 Å². The van der Waals surface area contributed by atoms with Crippen LogP contribution >= 0.6 is 11.6 Å². The molecule has 2 amide bonds. The number of rotatable bonds is 8. The van der Waals surface area contributed by atoms with Gasteiger partial charge in [-0.3, -0.25) is 9.59 Å². The molecule has 1 aromatic heterocycles. The fourth-order valence-electron chi connectivity index (χ4n) is 6.20. The second-order valence-corrected chi connectivity index (χ2v) is 11.2. The Bertz CT molecular complexity index is 1690. The second-order valence-electron chi connectivity index (χ2n) is 10.7. The number of hydrogen-bond donors (Lipinski definition) is 2. The Labute approximate surface area is 254 Å². The number of carbonyl (C=O) groups is 2. The van der Waals surface area contributed by atoms with Crippen molar-refractivity contribution in [3.05, 3.63) is 64.7 Å². The van der Waals surface area contributed by atoms with E-state index in [4.69, 9.17) is 35.5 Å². The second kappa shape index (κ2) is 11.7. The molecule has 4 aromatic rings. The number of halogens is 1. The van der Waals surface area contributed by atoms with Crippen LogP contribution in [0.4, 0.5) is 0 Å². The molecule has 0 spiro atoms. The average Bonchev–Trinajstić information content (AvgIpc) is 3.76. The molecule has 0 saturated heterocycles. The third-order valence-electron chi connectivity index (χ3n) is 8.32. The van der Waals surface area contributed by atoms with Gasteiger partial charge in [-0.1, -0.05) is 11.6 Å². The Balaban J connectivity index is 1.42. The molecular formula is C32H33ClN4O6. The van der Waals surface area contributed by atoms with Crippen LogP contribution in [0.2, 0.25) is 5.02 Å².